The minimum absolute atomic E-state index is 0.0441. The topological polar surface area (TPSA) is 118 Å². The number of ether oxygens (including phenoxy) is 1. The number of β-amino-alcohol motifs (C(OH)–C–C–N with tert-alkyl or cyclic N) is 1. The van der Waals surface area contributed by atoms with Crippen molar-refractivity contribution < 1.29 is 28.3 Å². The lowest BCUT2D eigenvalue weighted by molar-refractivity contribution is -0.142. The van der Waals surface area contributed by atoms with Gasteiger partial charge in [-0.3, -0.25) is 9.59 Å². The van der Waals surface area contributed by atoms with Crippen LogP contribution in [0.4, 0.5) is 4.39 Å². The largest absolute Gasteiger partial charge is 0.488 e. The van der Waals surface area contributed by atoms with Gasteiger partial charge in [-0.25, -0.2) is 9.37 Å². The highest BCUT2D eigenvalue weighted by Crippen LogP contribution is 2.35. The molecule has 0 unspecified atom stereocenters. The molecule has 1 aliphatic heterocycles. The Hall–Kier alpha value is -3.31. The van der Waals surface area contributed by atoms with Crippen molar-refractivity contribution in [1.82, 2.24) is 20.4 Å². The monoisotopic (exact) mass is 572 g/mol. The standard InChI is InChI=1S/C29H37FN4O5S/c1-15(2)23(22-10-16(3)33-39-22)28(37)34-13-20(35)24(30)25(34)27(36)31-12-19-9-8-18(26-17(4)32-14-40-26)11-21(19)38-29(5,6)7/h8-11,14-15,20,23-25,35H,12-13H2,1-7H3,(H,31,36)/t20-,23+,24-,25-/m0/s1. The van der Waals surface area contributed by atoms with E-state index in [1.54, 1.807) is 18.5 Å². The third-order valence-electron chi connectivity index (χ3n) is 6.77. The van der Waals surface area contributed by atoms with Crippen LogP contribution in [0.25, 0.3) is 10.4 Å². The summed E-state index contributed by atoms with van der Waals surface area (Å²) in [4.78, 5) is 33.5. The Morgan fingerprint density at radius 3 is 2.58 bits per heavy atom. The van der Waals surface area contributed by atoms with Gasteiger partial charge in [0.25, 0.3) is 0 Å². The Bertz CT molecular complexity index is 1360. The van der Waals surface area contributed by atoms with Gasteiger partial charge in [0.1, 0.15) is 35.2 Å². The number of alkyl halides is 1. The van der Waals surface area contributed by atoms with Gasteiger partial charge in [0, 0.05) is 18.2 Å². The third-order valence-corrected chi connectivity index (χ3v) is 7.75. The number of rotatable bonds is 8. The fourth-order valence-electron chi connectivity index (χ4n) is 4.89. The number of aromatic nitrogens is 2. The number of amides is 2. The van der Waals surface area contributed by atoms with Crippen molar-refractivity contribution in [3.63, 3.8) is 0 Å². The van der Waals surface area contributed by atoms with Crippen molar-refractivity contribution in [3.05, 3.63) is 52.5 Å². The van der Waals surface area contributed by atoms with Crippen LogP contribution in [0.2, 0.25) is 0 Å². The molecule has 40 heavy (non-hydrogen) atoms. The number of aliphatic hydroxyl groups excluding tert-OH is 1. The maximum absolute atomic E-state index is 15.2. The first-order valence-electron chi connectivity index (χ1n) is 13.3. The van der Waals surface area contributed by atoms with E-state index in [1.165, 1.54) is 11.3 Å². The number of carbonyl (C=O) groups excluding carboxylic acids is 2. The second-order valence-corrected chi connectivity index (χ2v) is 12.4. The van der Waals surface area contributed by atoms with Crippen LogP contribution in [0.5, 0.6) is 5.75 Å². The van der Waals surface area contributed by atoms with E-state index in [0.717, 1.165) is 21.0 Å². The van der Waals surface area contributed by atoms with Crippen LogP contribution in [-0.4, -0.2) is 62.4 Å². The fourth-order valence-corrected chi connectivity index (χ4v) is 5.69. The summed E-state index contributed by atoms with van der Waals surface area (Å²) < 4.78 is 26.8. The van der Waals surface area contributed by atoms with E-state index in [4.69, 9.17) is 9.26 Å². The molecule has 1 aromatic carbocycles. The van der Waals surface area contributed by atoms with Gasteiger partial charge in [0.2, 0.25) is 11.8 Å². The molecule has 1 fully saturated rings. The van der Waals surface area contributed by atoms with Gasteiger partial charge < -0.3 is 24.6 Å². The Morgan fingerprint density at radius 1 is 1.27 bits per heavy atom. The predicted octanol–water partition coefficient (Wildman–Crippen LogP) is 4.56. The van der Waals surface area contributed by atoms with E-state index < -0.39 is 41.7 Å². The molecule has 0 spiro atoms. The number of aliphatic hydroxyl groups is 1. The highest BCUT2D eigenvalue weighted by atomic mass is 32.1. The number of hydrogen-bond donors (Lipinski definition) is 2. The number of thiazole rings is 1. The van der Waals surface area contributed by atoms with Crippen molar-refractivity contribution in [2.75, 3.05) is 6.54 Å². The number of halogens is 1. The molecule has 4 rings (SSSR count). The first-order chi connectivity index (χ1) is 18.8. The lowest BCUT2D eigenvalue weighted by Gasteiger charge is -2.29. The van der Waals surface area contributed by atoms with E-state index in [-0.39, 0.29) is 19.0 Å². The van der Waals surface area contributed by atoms with Crippen molar-refractivity contribution >= 4 is 23.2 Å². The van der Waals surface area contributed by atoms with Crippen LogP contribution in [0.15, 0.2) is 34.3 Å². The Labute approximate surface area is 237 Å². The van der Waals surface area contributed by atoms with E-state index in [0.29, 0.717) is 22.8 Å². The normalized spacial score (nSPS) is 20.1. The smallest absolute Gasteiger partial charge is 0.246 e. The number of carbonyl (C=O) groups is 2. The first-order valence-corrected chi connectivity index (χ1v) is 14.2. The minimum atomic E-state index is -1.94. The number of hydrogen-bond acceptors (Lipinski definition) is 8. The van der Waals surface area contributed by atoms with Crippen LogP contribution in [0.3, 0.4) is 0 Å². The zero-order chi connectivity index (χ0) is 29.4. The molecule has 2 N–H and O–H groups in total. The first kappa shape index (κ1) is 29.7. The molecule has 2 amide bonds. The van der Waals surface area contributed by atoms with Crippen LogP contribution in [0, 0.1) is 19.8 Å². The lowest BCUT2D eigenvalue weighted by atomic mass is 9.91. The van der Waals surface area contributed by atoms with E-state index in [9.17, 15) is 14.7 Å². The van der Waals surface area contributed by atoms with Gasteiger partial charge in [-0.05, 0) is 52.2 Å². The Morgan fingerprint density at radius 2 is 2.00 bits per heavy atom. The molecule has 216 valence electrons. The average Bonchev–Trinajstić information content (AvgIpc) is 3.56. The van der Waals surface area contributed by atoms with E-state index in [1.807, 2.05) is 59.7 Å². The summed E-state index contributed by atoms with van der Waals surface area (Å²) in [6.07, 6.45) is -3.42. The summed E-state index contributed by atoms with van der Waals surface area (Å²) in [7, 11) is 0. The molecule has 9 nitrogen and oxygen atoms in total. The molecule has 11 heteroatoms. The van der Waals surface area contributed by atoms with E-state index >= 15 is 4.39 Å². The summed E-state index contributed by atoms with van der Waals surface area (Å²) in [6.45, 7) is 12.9. The molecule has 1 saturated heterocycles. The summed E-state index contributed by atoms with van der Waals surface area (Å²) in [5, 5.41) is 17.0. The second kappa shape index (κ2) is 11.7. The van der Waals surface area contributed by atoms with Crippen molar-refractivity contribution in [3.8, 4) is 16.2 Å². The second-order valence-electron chi connectivity index (χ2n) is 11.6. The van der Waals surface area contributed by atoms with Crippen LogP contribution in [-0.2, 0) is 16.1 Å². The number of likely N-dealkylation sites (tertiary alicyclic amines) is 1. The van der Waals surface area contributed by atoms with Crippen molar-refractivity contribution in [1.29, 1.82) is 0 Å². The maximum atomic E-state index is 15.2. The van der Waals surface area contributed by atoms with Gasteiger partial charge in [-0.1, -0.05) is 31.1 Å². The molecule has 0 bridgehead atoms. The molecule has 4 atom stereocenters. The molecule has 1 aliphatic rings. The number of nitrogens with zero attached hydrogens (tertiary/aromatic N) is 3. The summed E-state index contributed by atoms with van der Waals surface area (Å²) >= 11 is 1.53. The average molecular weight is 573 g/mol. The van der Waals surface area contributed by atoms with Crippen molar-refractivity contribution in [2.24, 2.45) is 5.92 Å². The molecule has 2 aromatic heterocycles. The molecule has 0 saturated carbocycles. The number of aryl methyl sites for hydroxylation is 2. The van der Waals surface area contributed by atoms with Crippen LogP contribution in [0.1, 0.15) is 63.2 Å². The third kappa shape index (κ3) is 6.36. The van der Waals surface area contributed by atoms with Crippen LogP contribution >= 0.6 is 11.3 Å². The van der Waals surface area contributed by atoms with Gasteiger partial charge in [-0.15, -0.1) is 11.3 Å². The van der Waals surface area contributed by atoms with Gasteiger partial charge >= 0.3 is 0 Å². The molecule has 0 radical (unpaired) electrons. The molecular weight excluding hydrogens is 535 g/mol. The number of benzene rings is 1. The van der Waals surface area contributed by atoms with Crippen LogP contribution < -0.4 is 10.1 Å². The maximum Gasteiger partial charge on any atom is 0.246 e. The van der Waals surface area contributed by atoms with Gasteiger partial charge in [0.15, 0.2) is 6.17 Å². The minimum Gasteiger partial charge on any atom is -0.488 e. The Balaban J connectivity index is 1.56. The van der Waals surface area contributed by atoms with Crippen molar-refractivity contribution in [2.45, 2.75) is 84.8 Å². The highest BCUT2D eigenvalue weighted by Gasteiger charge is 2.50. The predicted molar refractivity (Wildman–Crippen MR) is 150 cm³/mol. The SMILES string of the molecule is Cc1cc([C@H](C(=O)N2C[C@H](O)[C@H](F)[C@H]2C(=O)NCc2ccc(-c3scnc3C)cc2OC(C)(C)C)C(C)C)on1. The summed E-state index contributed by atoms with van der Waals surface area (Å²) in [6, 6.07) is 5.87. The quantitative estimate of drug-likeness (QED) is 0.406. The molecule has 3 heterocycles. The highest BCUT2D eigenvalue weighted by molar-refractivity contribution is 7.13. The molecular formula is C29H37FN4O5S. The fraction of sp³-hybridized carbons (Fsp3) is 0.517. The molecule has 0 aliphatic carbocycles. The Kier molecular flexibility index (Phi) is 8.65. The zero-order valence-corrected chi connectivity index (χ0v) is 24.7. The van der Waals surface area contributed by atoms with Gasteiger partial charge in [0.05, 0.1) is 28.3 Å². The van der Waals surface area contributed by atoms with Gasteiger partial charge in [-0.2, -0.15) is 0 Å². The zero-order valence-electron chi connectivity index (χ0n) is 23.9. The molecule has 3 aromatic rings. The summed E-state index contributed by atoms with van der Waals surface area (Å²) in [5.41, 5.74) is 4.43. The number of nitrogens with one attached hydrogen (secondary N) is 1. The lowest BCUT2D eigenvalue weighted by Crippen LogP contribution is -2.50. The van der Waals surface area contributed by atoms with E-state index in [2.05, 4.69) is 15.5 Å². The summed E-state index contributed by atoms with van der Waals surface area (Å²) in [5.74, 6) is -1.26.